The zero-order valence-electron chi connectivity index (χ0n) is 15.5. The van der Waals surface area contributed by atoms with Crippen molar-refractivity contribution in [2.45, 2.75) is 18.0 Å². The fraction of sp³-hybridized carbons (Fsp3) is 0.158. The Labute approximate surface area is 174 Å². The quantitative estimate of drug-likeness (QED) is 0.583. The van der Waals surface area contributed by atoms with Gasteiger partial charge in [0.2, 0.25) is 0 Å². The third kappa shape index (κ3) is 5.57. The van der Waals surface area contributed by atoms with Crippen LogP contribution >= 0.6 is 11.3 Å². The molecule has 6 nitrogen and oxygen atoms in total. The molecular formula is C19H16F3N3O3S2. The average Bonchev–Trinajstić information content (AvgIpc) is 3.12. The molecule has 0 saturated heterocycles. The Balaban J connectivity index is 1.75. The van der Waals surface area contributed by atoms with E-state index in [1.807, 2.05) is 12.3 Å². The topological polar surface area (TPSA) is 88.2 Å². The number of rotatable bonds is 6. The molecule has 3 aromatic rings. The van der Waals surface area contributed by atoms with Gasteiger partial charge in [0.25, 0.3) is 15.9 Å². The van der Waals surface area contributed by atoms with Crippen LogP contribution in [0.5, 0.6) is 0 Å². The van der Waals surface area contributed by atoms with E-state index >= 15 is 0 Å². The minimum absolute atomic E-state index is 0.198. The number of thiazole rings is 1. The van der Waals surface area contributed by atoms with Gasteiger partial charge < -0.3 is 5.32 Å². The van der Waals surface area contributed by atoms with Crippen LogP contribution in [0.1, 0.15) is 15.4 Å². The van der Waals surface area contributed by atoms with Gasteiger partial charge in [-0.1, -0.05) is 18.2 Å². The number of amides is 1. The molecule has 0 fully saturated rings. The van der Waals surface area contributed by atoms with Crippen molar-refractivity contribution in [3.63, 3.8) is 0 Å². The summed E-state index contributed by atoms with van der Waals surface area (Å²) in [6.45, 7) is 0.375. The van der Waals surface area contributed by atoms with Gasteiger partial charge in [0.15, 0.2) is 0 Å². The lowest BCUT2D eigenvalue weighted by atomic mass is 10.1. The maximum Gasteiger partial charge on any atom is 0.405 e. The Kier molecular flexibility index (Phi) is 6.13. The maximum atomic E-state index is 12.6. The van der Waals surface area contributed by atoms with Crippen LogP contribution in [0, 0.1) is 6.92 Å². The van der Waals surface area contributed by atoms with Crippen molar-refractivity contribution in [1.82, 2.24) is 10.3 Å². The first-order chi connectivity index (χ1) is 14.0. The number of anilines is 1. The molecule has 30 heavy (non-hydrogen) atoms. The van der Waals surface area contributed by atoms with Crippen molar-refractivity contribution in [3.8, 4) is 11.3 Å². The van der Waals surface area contributed by atoms with Crippen molar-refractivity contribution in [2.75, 3.05) is 11.3 Å². The second kappa shape index (κ2) is 8.44. The Hall–Kier alpha value is -2.92. The van der Waals surface area contributed by atoms with Crippen molar-refractivity contribution in [2.24, 2.45) is 0 Å². The van der Waals surface area contributed by atoms with Crippen LogP contribution in [0.25, 0.3) is 11.3 Å². The Morgan fingerprint density at radius 1 is 1.13 bits per heavy atom. The zero-order chi connectivity index (χ0) is 21.9. The summed E-state index contributed by atoms with van der Waals surface area (Å²) in [6, 6.07) is 11.3. The molecule has 0 aliphatic heterocycles. The van der Waals surface area contributed by atoms with Gasteiger partial charge in [0.1, 0.15) is 6.54 Å². The van der Waals surface area contributed by atoms with Crippen molar-refractivity contribution >= 4 is 33.0 Å². The standard InChI is InChI=1S/C19H16F3N3O3S2/c1-12-24-17(10-29-12)13-5-7-15(8-6-13)25-30(27,28)16-4-2-3-14(9-16)18(26)23-11-19(20,21)22/h2-10,25H,11H2,1H3,(H,23,26). The van der Waals surface area contributed by atoms with Crippen LogP contribution < -0.4 is 10.0 Å². The van der Waals surface area contributed by atoms with Gasteiger partial charge in [-0.2, -0.15) is 13.2 Å². The molecule has 158 valence electrons. The predicted molar refractivity (Wildman–Crippen MR) is 108 cm³/mol. The van der Waals surface area contributed by atoms with Gasteiger partial charge in [-0.3, -0.25) is 9.52 Å². The second-order valence-corrected chi connectivity index (χ2v) is 9.00. The predicted octanol–water partition coefficient (Wildman–Crippen LogP) is 4.21. The number of nitrogens with zero attached hydrogens (tertiary/aromatic N) is 1. The lowest BCUT2D eigenvalue weighted by Crippen LogP contribution is -2.33. The van der Waals surface area contributed by atoms with Gasteiger partial charge in [-0.25, -0.2) is 13.4 Å². The minimum Gasteiger partial charge on any atom is -0.343 e. The third-order valence-corrected chi connectivity index (χ3v) is 6.06. The van der Waals surface area contributed by atoms with E-state index in [9.17, 15) is 26.4 Å². The molecule has 11 heteroatoms. The molecule has 1 heterocycles. The monoisotopic (exact) mass is 455 g/mol. The molecule has 0 saturated carbocycles. The largest absolute Gasteiger partial charge is 0.405 e. The Morgan fingerprint density at radius 3 is 2.43 bits per heavy atom. The van der Waals surface area contributed by atoms with E-state index in [0.29, 0.717) is 0 Å². The van der Waals surface area contributed by atoms with Crippen molar-refractivity contribution in [3.05, 3.63) is 64.5 Å². The molecule has 0 atom stereocenters. The maximum absolute atomic E-state index is 12.6. The molecule has 1 aromatic heterocycles. The number of halogens is 3. The van der Waals surface area contributed by atoms with Gasteiger partial charge in [0, 0.05) is 22.2 Å². The van der Waals surface area contributed by atoms with E-state index in [-0.39, 0.29) is 16.1 Å². The van der Waals surface area contributed by atoms with Crippen LogP contribution in [0.2, 0.25) is 0 Å². The molecule has 2 N–H and O–H groups in total. The normalized spacial score (nSPS) is 11.9. The summed E-state index contributed by atoms with van der Waals surface area (Å²) >= 11 is 1.50. The number of aryl methyl sites for hydroxylation is 1. The molecule has 3 rings (SSSR count). The lowest BCUT2D eigenvalue weighted by Gasteiger charge is -2.11. The molecule has 1 amide bonds. The van der Waals surface area contributed by atoms with Crippen LogP contribution in [0.3, 0.4) is 0 Å². The van der Waals surface area contributed by atoms with Gasteiger partial charge >= 0.3 is 6.18 Å². The molecule has 0 aliphatic carbocycles. The zero-order valence-corrected chi connectivity index (χ0v) is 17.2. The SMILES string of the molecule is Cc1nc(-c2ccc(NS(=O)(=O)c3cccc(C(=O)NCC(F)(F)F)c3)cc2)cs1. The van der Waals surface area contributed by atoms with Gasteiger partial charge in [-0.05, 0) is 37.3 Å². The van der Waals surface area contributed by atoms with Crippen molar-refractivity contribution < 1.29 is 26.4 Å². The lowest BCUT2D eigenvalue weighted by molar-refractivity contribution is -0.123. The fourth-order valence-corrected chi connectivity index (χ4v) is 4.23. The summed E-state index contributed by atoms with van der Waals surface area (Å²) in [7, 11) is -4.05. The summed E-state index contributed by atoms with van der Waals surface area (Å²) in [6.07, 6.45) is -4.57. The molecular weight excluding hydrogens is 439 g/mol. The number of aromatic nitrogens is 1. The Bertz CT molecular complexity index is 1160. The summed E-state index contributed by atoms with van der Waals surface area (Å²) in [5.41, 5.74) is 1.70. The smallest absolute Gasteiger partial charge is 0.343 e. The minimum atomic E-state index is -4.57. The first-order valence-electron chi connectivity index (χ1n) is 8.54. The number of hydrogen-bond donors (Lipinski definition) is 2. The first kappa shape index (κ1) is 21.8. The van der Waals surface area contributed by atoms with Crippen LogP contribution in [-0.4, -0.2) is 32.0 Å². The van der Waals surface area contributed by atoms with Crippen LogP contribution in [0.4, 0.5) is 18.9 Å². The highest BCUT2D eigenvalue weighted by Crippen LogP contribution is 2.24. The van der Waals surface area contributed by atoms with E-state index in [0.717, 1.165) is 22.3 Å². The molecule has 0 unspecified atom stereocenters. The number of benzene rings is 2. The number of sulfonamides is 1. The van der Waals surface area contributed by atoms with E-state index in [2.05, 4.69) is 9.71 Å². The number of carbonyl (C=O) groups excluding carboxylic acids is 1. The molecule has 0 spiro atoms. The first-order valence-corrected chi connectivity index (χ1v) is 10.9. The highest BCUT2D eigenvalue weighted by Gasteiger charge is 2.28. The highest BCUT2D eigenvalue weighted by atomic mass is 32.2. The van der Waals surface area contributed by atoms with Crippen LogP contribution in [0.15, 0.2) is 58.8 Å². The molecule has 0 aliphatic rings. The fourth-order valence-electron chi connectivity index (χ4n) is 2.51. The van der Waals surface area contributed by atoms with E-state index < -0.39 is 28.7 Å². The van der Waals surface area contributed by atoms with Gasteiger partial charge in [0.05, 0.1) is 15.6 Å². The van der Waals surface area contributed by atoms with Gasteiger partial charge in [-0.15, -0.1) is 11.3 Å². The second-order valence-electron chi connectivity index (χ2n) is 6.26. The summed E-state index contributed by atoms with van der Waals surface area (Å²) in [5, 5.41) is 4.51. The average molecular weight is 455 g/mol. The number of carbonyl (C=O) groups is 1. The number of alkyl halides is 3. The molecule has 0 bridgehead atoms. The van der Waals surface area contributed by atoms with E-state index in [4.69, 9.17) is 0 Å². The summed E-state index contributed by atoms with van der Waals surface area (Å²) < 4.78 is 64.4. The van der Waals surface area contributed by atoms with Crippen molar-refractivity contribution in [1.29, 1.82) is 0 Å². The summed E-state index contributed by atoms with van der Waals surface area (Å²) in [4.78, 5) is 16.0. The highest BCUT2D eigenvalue weighted by molar-refractivity contribution is 7.92. The molecule has 0 radical (unpaired) electrons. The summed E-state index contributed by atoms with van der Waals surface area (Å²) in [5.74, 6) is -1.02. The molecule has 2 aromatic carbocycles. The van der Waals surface area contributed by atoms with Crippen LogP contribution in [-0.2, 0) is 10.0 Å². The number of nitrogens with one attached hydrogen (secondary N) is 2. The Morgan fingerprint density at radius 2 is 1.83 bits per heavy atom. The third-order valence-electron chi connectivity index (χ3n) is 3.91. The van der Waals surface area contributed by atoms with E-state index in [1.165, 1.54) is 29.5 Å². The van der Waals surface area contributed by atoms with E-state index in [1.54, 1.807) is 29.6 Å². The number of hydrogen-bond acceptors (Lipinski definition) is 5.